The largest absolute Gasteiger partial charge is 0.476 e. The Bertz CT molecular complexity index is 373. The van der Waals surface area contributed by atoms with Crippen LogP contribution in [-0.4, -0.2) is 24.1 Å². The average molecular weight is 285 g/mol. The van der Waals surface area contributed by atoms with Crippen LogP contribution in [0.3, 0.4) is 0 Å². The Balaban J connectivity index is 1.74. The van der Waals surface area contributed by atoms with Crippen LogP contribution in [0.25, 0.3) is 0 Å². The van der Waals surface area contributed by atoms with Crippen LogP contribution >= 0.6 is 11.6 Å². The van der Waals surface area contributed by atoms with E-state index in [1.165, 1.54) is 6.42 Å². The zero-order valence-corrected chi connectivity index (χ0v) is 13.5. The van der Waals surface area contributed by atoms with Crippen LogP contribution in [0.1, 0.15) is 53.9 Å². The molecule has 0 amide bonds. The van der Waals surface area contributed by atoms with Crippen molar-refractivity contribution in [3.8, 4) is 0 Å². The minimum atomic E-state index is -0.214. The van der Waals surface area contributed by atoms with Crippen molar-refractivity contribution in [2.45, 2.75) is 70.9 Å². The topological polar surface area (TPSA) is 18.5 Å². The Labute approximate surface area is 122 Å². The molecule has 2 bridgehead atoms. The Morgan fingerprint density at radius 2 is 1.95 bits per heavy atom. The van der Waals surface area contributed by atoms with Gasteiger partial charge in [0.2, 0.25) is 0 Å². The van der Waals surface area contributed by atoms with Crippen molar-refractivity contribution >= 4 is 18.7 Å². The van der Waals surface area contributed by atoms with E-state index in [0.29, 0.717) is 17.3 Å². The molecule has 0 unspecified atom stereocenters. The third-order valence-electron chi connectivity index (χ3n) is 5.96. The van der Waals surface area contributed by atoms with Gasteiger partial charge in [-0.25, -0.2) is 0 Å². The zero-order valence-electron chi connectivity index (χ0n) is 12.8. The SMILES string of the molecule is CC(C)C[C@@H](Cl)B1O[C@@H]2C[C@@H]3C[C@H](C3(C)C)[C@]2(C)O1. The first-order valence-corrected chi connectivity index (χ1v) is 8.16. The van der Waals surface area contributed by atoms with E-state index in [4.69, 9.17) is 20.9 Å². The molecule has 5 atom stereocenters. The van der Waals surface area contributed by atoms with Gasteiger partial charge in [-0.2, -0.15) is 0 Å². The fourth-order valence-corrected chi connectivity index (χ4v) is 5.08. The van der Waals surface area contributed by atoms with Crippen molar-refractivity contribution in [3.05, 3.63) is 0 Å². The predicted molar refractivity (Wildman–Crippen MR) is 79.2 cm³/mol. The molecule has 1 saturated heterocycles. The fraction of sp³-hybridized carbons (Fsp3) is 1.00. The zero-order chi connectivity index (χ0) is 14.0. The minimum absolute atomic E-state index is 0.0252. The normalized spacial score (nSPS) is 45.0. The van der Waals surface area contributed by atoms with E-state index in [9.17, 15) is 0 Å². The van der Waals surface area contributed by atoms with Gasteiger partial charge in [0, 0.05) is 0 Å². The van der Waals surface area contributed by atoms with E-state index >= 15 is 0 Å². The molecule has 0 aromatic rings. The van der Waals surface area contributed by atoms with Crippen LogP contribution in [0.15, 0.2) is 0 Å². The standard InChI is InChI=1S/C15H26BClO2/c1-9(2)6-13(17)16-18-12-8-10-7-11(14(10,3)4)15(12,5)19-16/h9-13H,6-8H2,1-5H3/t10-,11+,12+,13+,15-/m0/s1. The number of halogens is 1. The molecule has 4 heteroatoms. The van der Waals surface area contributed by atoms with Gasteiger partial charge >= 0.3 is 7.12 Å². The Hall–Kier alpha value is 0.275. The summed E-state index contributed by atoms with van der Waals surface area (Å²) in [4.78, 5) is 0. The summed E-state index contributed by atoms with van der Waals surface area (Å²) in [5.74, 6) is 2.00. The molecule has 0 N–H and O–H groups in total. The molecule has 108 valence electrons. The molecule has 4 rings (SSSR count). The van der Waals surface area contributed by atoms with Crippen LogP contribution in [-0.2, 0) is 9.31 Å². The molecule has 1 aliphatic heterocycles. The van der Waals surface area contributed by atoms with Crippen molar-refractivity contribution in [1.82, 2.24) is 0 Å². The van der Waals surface area contributed by atoms with Crippen LogP contribution in [0.2, 0.25) is 0 Å². The lowest BCUT2D eigenvalue weighted by Crippen LogP contribution is -2.65. The monoisotopic (exact) mass is 284 g/mol. The average Bonchev–Trinajstić information content (AvgIpc) is 2.64. The first-order chi connectivity index (χ1) is 8.75. The number of alkyl halides is 1. The molecule has 0 aromatic heterocycles. The molecular weight excluding hydrogens is 258 g/mol. The Kier molecular flexibility index (Phi) is 3.28. The van der Waals surface area contributed by atoms with Crippen LogP contribution in [0.4, 0.5) is 0 Å². The molecule has 1 heterocycles. The summed E-state index contributed by atoms with van der Waals surface area (Å²) in [6.07, 6.45) is 3.64. The van der Waals surface area contributed by atoms with Crippen molar-refractivity contribution < 1.29 is 9.31 Å². The molecule has 19 heavy (non-hydrogen) atoms. The maximum atomic E-state index is 6.49. The van der Waals surface area contributed by atoms with Crippen LogP contribution < -0.4 is 0 Å². The number of hydrogen-bond acceptors (Lipinski definition) is 2. The highest BCUT2D eigenvalue weighted by Gasteiger charge is 2.68. The summed E-state index contributed by atoms with van der Waals surface area (Å²) in [7, 11) is -0.214. The third kappa shape index (κ3) is 1.99. The van der Waals surface area contributed by atoms with Crippen molar-refractivity contribution in [3.63, 3.8) is 0 Å². The quantitative estimate of drug-likeness (QED) is 0.578. The lowest BCUT2D eigenvalue weighted by Gasteiger charge is -2.64. The van der Waals surface area contributed by atoms with Crippen molar-refractivity contribution in [1.29, 1.82) is 0 Å². The first kappa shape index (κ1) is 14.2. The summed E-state index contributed by atoms with van der Waals surface area (Å²) in [5.41, 5.74) is 0.288. The van der Waals surface area contributed by atoms with Gasteiger partial charge in [-0.05, 0) is 49.4 Å². The highest BCUT2D eigenvalue weighted by atomic mass is 35.5. The number of rotatable bonds is 3. The summed E-state index contributed by atoms with van der Waals surface area (Å²) >= 11 is 6.49. The Morgan fingerprint density at radius 1 is 1.26 bits per heavy atom. The van der Waals surface area contributed by atoms with Gasteiger partial charge in [-0.3, -0.25) is 0 Å². The molecular formula is C15H26BClO2. The van der Waals surface area contributed by atoms with Gasteiger partial charge in [0.05, 0.1) is 17.0 Å². The van der Waals surface area contributed by atoms with E-state index in [1.54, 1.807) is 0 Å². The molecule has 0 aromatic carbocycles. The summed E-state index contributed by atoms with van der Waals surface area (Å²) in [6, 6.07) is 0. The second-order valence-electron chi connectivity index (χ2n) is 7.98. The summed E-state index contributed by atoms with van der Waals surface area (Å²) in [5, 5.41) is -0.0252. The second-order valence-corrected chi connectivity index (χ2v) is 8.54. The van der Waals surface area contributed by atoms with Crippen LogP contribution in [0, 0.1) is 23.2 Å². The minimum Gasteiger partial charge on any atom is -0.404 e. The van der Waals surface area contributed by atoms with E-state index in [1.807, 2.05) is 0 Å². The van der Waals surface area contributed by atoms with Gasteiger partial charge in [-0.1, -0.05) is 27.7 Å². The highest BCUT2D eigenvalue weighted by Crippen LogP contribution is 2.65. The van der Waals surface area contributed by atoms with Gasteiger partial charge in [0.15, 0.2) is 0 Å². The highest BCUT2D eigenvalue weighted by molar-refractivity contribution is 6.59. The lowest BCUT2D eigenvalue weighted by atomic mass is 9.43. The van der Waals surface area contributed by atoms with Crippen LogP contribution in [0.5, 0.6) is 0 Å². The molecule has 0 radical (unpaired) electrons. The summed E-state index contributed by atoms with van der Waals surface area (Å²) < 4.78 is 12.5. The van der Waals surface area contributed by atoms with Gasteiger partial charge in [0.25, 0.3) is 0 Å². The number of hydrogen-bond donors (Lipinski definition) is 0. The van der Waals surface area contributed by atoms with Gasteiger partial charge < -0.3 is 9.31 Å². The Morgan fingerprint density at radius 3 is 2.53 bits per heavy atom. The van der Waals surface area contributed by atoms with Crippen molar-refractivity contribution in [2.75, 3.05) is 0 Å². The van der Waals surface area contributed by atoms with E-state index < -0.39 is 0 Å². The molecule has 3 saturated carbocycles. The molecule has 2 nitrogen and oxygen atoms in total. The molecule has 4 fully saturated rings. The smallest absolute Gasteiger partial charge is 0.404 e. The maximum Gasteiger partial charge on any atom is 0.476 e. The molecule has 0 spiro atoms. The van der Waals surface area contributed by atoms with Crippen molar-refractivity contribution in [2.24, 2.45) is 23.2 Å². The predicted octanol–water partition coefficient (Wildman–Crippen LogP) is 3.91. The third-order valence-corrected chi connectivity index (χ3v) is 6.34. The van der Waals surface area contributed by atoms with E-state index in [0.717, 1.165) is 18.8 Å². The molecule has 4 aliphatic rings. The second kappa shape index (κ2) is 4.38. The lowest BCUT2D eigenvalue weighted by molar-refractivity contribution is -0.199. The first-order valence-electron chi connectivity index (χ1n) is 7.72. The fourth-order valence-electron chi connectivity index (χ4n) is 4.61. The summed E-state index contributed by atoms with van der Waals surface area (Å²) in [6.45, 7) is 11.4. The molecule has 3 aliphatic carbocycles. The van der Waals surface area contributed by atoms with E-state index in [2.05, 4.69) is 34.6 Å². The van der Waals surface area contributed by atoms with Gasteiger partial charge in [0.1, 0.15) is 0 Å². The maximum absolute atomic E-state index is 6.49. The van der Waals surface area contributed by atoms with E-state index in [-0.39, 0.29) is 24.1 Å². The van der Waals surface area contributed by atoms with Gasteiger partial charge in [-0.15, -0.1) is 11.6 Å².